The van der Waals surface area contributed by atoms with Crippen LogP contribution in [0.3, 0.4) is 0 Å². The first-order valence-electron chi connectivity index (χ1n) is 8.99. The molecule has 0 aliphatic rings. The average molecular weight is 387 g/mol. The minimum atomic E-state index is -0.374. The fraction of sp³-hybridized carbons (Fsp3) is 0.0870. The van der Waals surface area contributed by atoms with Crippen LogP contribution < -0.4 is 10.6 Å². The fourth-order valence-corrected chi connectivity index (χ4v) is 2.74. The van der Waals surface area contributed by atoms with Crippen molar-refractivity contribution in [3.05, 3.63) is 101 Å². The monoisotopic (exact) mass is 387 g/mol. The Morgan fingerprint density at radius 2 is 1.59 bits per heavy atom. The van der Waals surface area contributed by atoms with E-state index < -0.39 is 0 Å². The Morgan fingerprint density at radius 1 is 0.897 bits per heavy atom. The van der Waals surface area contributed by atoms with Gasteiger partial charge in [-0.25, -0.2) is 4.39 Å². The number of halogens is 1. The summed E-state index contributed by atoms with van der Waals surface area (Å²) in [6.45, 7) is 0.391. The summed E-state index contributed by atoms with van der Waals surface area (Å²) < 4.78 is 12.9. The van der Waals surface area contributed by atoms with E-state index in [0.717, 1.165) is 5.56 Å². The molecule has 3 aromatic rings. The summed E-state index contributed by atoms with van der Waals surface area (Å²) in [5.41, 5.74) is 2.56. The van der Waals surface area contributed by atoms with Crippen molar-refractivity contribution in [2.45, 2.75) is 6.42 Å². The van der Waals surface area contributed by atoms with E-state index in [0.29, 0.717) is 35.3 Å². The molecule has 144 valence electrons. The number of anilines is 1. The van der Waals surface area contributed by atoms with Crippen LogP contribution >= 0.6 is 0 Å². The van der Waals surface area contributed by atoms with Gasteiger partial charge in [0.2, 0.25) is 0 Å². The molecule has 0 aliphatic carbocycles. The normalized spacial score (nSPS) is 10.1. The van der Waals surface area contributed by atoms with Gasteiger partial charge >= 0.3 is 0 Å². The lowest BCUT2D eigenvalue weighted by molar-refractivity contribution is 0.0954. The Balaban J connectivity index is 1.60. The highest BCUT2D eigenvalue weighted by Crippen LogP contribution is 2.13. The molecule has 3 aromatic carbocycles. The number of nitriles is 1. The van der Waals surface area contributed by atoms with Crippen molar-refractivity contribution in [2.24, 2.45) is 0 Å². The van der Waals surface area contributed by atoms with Gasteiger partial charge in [0.15, 0.2) is 0 Å². The summed E-state index contributed by atoms with van der Waals surface area (Å²) in [6, 6.07) is 21.1. The van der Waals surface area contributed by atoms with E-state index in [1.807, 2.05) is 6.07 Å². The summed E-state index contributed by atoms with van der Waals surface area (Å²) >= 11 is 0. The number of nitrogens with one attached hydrogen (secondary N) is 2. The van der Waals surface area contributed by atoms with Crippen LogP contribution in [0.4, 0.5) is 10.1 Å². The number of carbonyl (C=O) groups is 2. The SMILES string of the molecule is N#Cc1cccc(NC(=O)c2cccc(C(=O)NCCc3ccc(F)cc3)c2)c1. The zero-order chi connectivity index (χ0) is 20.6. The Hall–Kier alpha value is -3.98. The first kappa shape index (κ1) is 19.8. The van der Waals surface area contributed by atoms with E-state index in [1.165, 1.54) is 18.2 Å². The predicted molar refractivity (Wildman–Crippen MR) is 108 cm³/mol. The maximum Gasteiger partial charge on any atom is 0.255 e. The van der Waals surface area contributed by atoms with E-state index in [9.17, 15) is 14.0 Å². The lowest BCUT2D eigenvalue weighted by atomic mass is 10.1. The van der Waals surface area contributed by atoms with E-state index in [4.69, 9.17) is 5.26 Å². The number of carbonyl (C=O) groups excluding carboxylic acids is 2. The molecular formula is C23H18FN3O2. The molecule has 0 aliphatic heterocycles. The molecule has 29 heavy (non-hydrogen) atoms. The van der Waals surface area contributed by atoms with Gasteiger partial charge in [0.05, 0.1) is 11.6 Å². The number of hydrogen-bond donors (Lipinski definition) is 2. The molecule has 0 bridgehead atoms. The molecule has 5 nitrogen and oxygen atoms in total. The summed E-state index contributed by atoms with van der Waals surface area (Å²) in [4.78, 5) is 24.8. The van der Waals surface area contributed by atoms with Crippen LogP contribution in [0.5, 0.6) is 0 Å². The van der Waals surface area contributed by atoms with Gasteiger partial charge in [-0.1, -0.05) is 24.3 Å². The second-order valence-corrected chi connectivity index (χ2v) is 6.36. The predicted octanol–water partition coefficient (Wildman–Crippen LogP) is 3.92. The summed E-state index contributed by atoms with van der Waals surface area (Å²) in [5.74, 6) is -0.971. The summed E-state index contributed by atoms with van der Waals surface area (Å²) in [7, 11) is 0. The van der Waals surface area contributed by atoms with Gasteiger partial charge in [0.25, 0.3) is 11.8 Å². The minimum absolute atomic E-state index is 0.298. The molecule has 6 heteroatoms. The summed E-state index contributed by atoms with van der Waals surface area (Å²) in [5, 5.41) is 14.5. The van der Waals surface area contributed by atoms with Gasteiger partial charge in [-0.05, 0) is 60.5 Å². The molecule has 0 spiro atoms. The Kier molecular flexibility index (Phi) is 6.33. The Labute approximate surface area is 167 Å². The highest BCUT2D eigenvalue weighted by Gasteiger charge is 2.11. The van der Waals surface area contributed by atoms with Gasteiger partial charge in [0.1, 0.15) is 5.82 Å². The largest absolute Gasteiger partial charge is 0.352 e. The molecule has 0 radical (unpaired) electrons. The second-order valence-electron chi connectivity index (χ2n) is 6.36. The average Bonchev–Trinajstić information content (AvgIpc) is 2.75. The van der Waals surface area contributed by atoms with Crippen molar-refractivity contribution in [3.8, 4) is 6.07 Å². The van der Waals surface area contributed by atoms with Crippen molar-refractivity contribution in [1.29, 1.82) is 5.26 Å². The maximum absolute atomic E-state index is 12.9. The van der Waals surface area contributed by atoms with Crippen LogP contribution in [-0.2, 0) is 6.42 Å². The molecule has 0 unspecified atom stereocenters. The van der Waals surface area contributed by atoms with Crippen molar-refractivity contribution in [3.63, 3.8) is 0 Å². The third-order valence-corrected chi connectivity index (χ3v) is 4.25. The van der Waals surface area contributed by atoms with E-state index in [2.05, 4.69) is 10.6 Å². The number of rotatable bonds is 6. The molecule has 3 rings (SSSR count). The Bertz CT molecular complexity index is 1070. The topological polar surface area (TPSA) is 82.0 Å². The molecule has 0 fully saturated rings. The zero-order valence-corrected chi connectivity index (χ0v) is 15.5. The molecule has 0 aromatic heterocycles. The first-order chi connectivity index (χ1) is 14.0. The van der Waals surface area contributed by atoms with Crippen LogP contribution in [-0.4, -0.2) is 18.4 Å². The molecule has 0 atom stereocenters. The van der Waals surface area contributed by atoms with Crippen LogP contribution in [0, 0.1) is 17.1 Å². The number of nitrogens with zero attached hydrogens (tertiary/aromatic N) is 1. The van der Waals surface area contributed by atoms with Gasteiger partial charge in [-0.2, -0.15) is 5.26 Å². The highest BCUT2D eigenvalue weighted by molar-refractivity contribution is 6.06. The van der Waals surface area contributed by atoms with Gasteiger partial charge in [-0.3, -0.25) is 9.59 Å². The fourth-order valence-electron chi connectivity index (χ4n) is 2.74. The number of amides is 2. The van der Waals surface area contributed by atoms with Crippen molar-refractivity contribution < 1.29 is 14.0 Å². The molecule has 2 amide bonds. The third-order valence-electron chi connectivity index (χ3n) is 4.25. The Morgan fingerprint density at radius 3 is 2.31 bits per heavy atom. The highest BCUT2D eigenvalue weighted by atomic mass is 19.1. The molecule has 0 saturated heterocycles. The first-order valence-corrected chi connectivity index (χ1v) is 8.99. The molecule has 0 saturated carbocycles. The van der Waals surface area contributed by atoms with Crippen LogP contribution in [0.15, 0.2) is 72.8 Å². The number of benzene rings is 3. The van der Waals surface area contributed by atoms with E-state index in [1.54, 1.807) is 54.6 Å². The second kappa shape index (κ2) is 9.29. The standard InChI is InChI=1S/C23H18FN3O2/c24-20-9-7-16(8-10-20)11-12-26-22(28)18-4-2-5-19(14-18)23(29)27-21-6-1-3-17(13-21)15-25/h1-10,13-14H,11-12H2,(H,26,28)(H,27,29). The zero-order valence-electron chi connectivity index (χ0n) is 15.5. The molecular weight excluding hydrogens is 369 g/mol. The third kappa shape index (κ3) is 5.50. The van der Waals surface area contributed by atoms with Crippen LogP contribution in [0.2, 0.25) is 0 Å². The lowest BCUT2D eigenvalue weighted by Crippen LogP contribution is -2.26. The van der Waals surface area contributed by atoms with E-state index >= 15 is 0 Å². The van der Waals surface area contributed by atoms with Crippen molar-refractivity contribution >= 4 is 17.5 Å². The molecule has 2 N–H and O–H groups in total. The van der Waals surface area contributed by atoms with Crippen LogP contribution in [0.25, 0.3) is 0 Å². The van der Waals surface area contributed by atoms with E-state index in [-0.39, 0.29) is 17.6 Å². The van der Waals surface area contributed by atoms with Crippen LogP contribution in [0.1, 0.15) is 31.8 Å². The van der Waals surface area contributed by atoms with Gasteiger partial charge in [0, 0.05) is 23.4 Å². The minimum Gasteiger partial charge on any atom is -0.352 e. The van der Waals surface area contributed by atoms with Crippen molar-refractivity contribution in [2.75, 3.05) is 11.9 Å². The number of hydrogen-bond acceptors (Lipinski definition) is 3. The van der Waals surface area contributed by atoms with Crippen molar-refractivity contribution in [1.82, 2.24) is 5.32 Å². The lowest BCUT2D eigenvalue weighted by Gasteiger charge is -2.08. The van der Waals surface area contributed by atoms with Gasteiger partial charge in [-0.15, -0.1) is 0 Å². The molecule has 0 heterocycles. The quantitative estimate of drug-likeness (QED) is 0.673. The smallest absolute Gasteiger partial charge is 0.255 e. The van der Waals surface area contributed by atoms with Gasteiger partial charge < -0.3 is 10.6 Å². The summed E-state index contributed by atoms with van der Waals surface area (Å²) in [6.07, 6.45) is 0.571. The maximum atomic E-state index is 12.9.